The number of hydrogen-bond acceptors (Lipinski definition) is 6. The van der Waals surface area contributed by atoms with Gasteiger partial charge in [0.05, 0.1) is 0 Å². The van der Waals surface area contributed by atoms with Gasteiger partial charge in [-0.2, -0.15) is 11.8 Å². The first-order valence-electron chi connectivity index (χ1n) is 9.27. The molecule has 26 heavy (non-hydrogen) atoms. The van der Waals surface area contributed by atoms with Crippen LogP contribution in [0.25, 0.3) is 0 Å². The van der Waals surface area contributed by atoms with Crippen LogP contribution in [0.5, 0.6) is 0 Å². The summed E-state index contributed by atoms with van der Waals surface area (Å²) in [4.78, 5) is 6.82. The summed E-state index contributed by atoms with van der Waals surface area (Å²) in [6.45, 7) is 7.83. The Hall–Kier alpha value is -0.610. The van der Waals surface area contributed by atoms with Crippen molar-refractivity contribution < 1.29 is 13.2 Å². The van der Waals surface area contributed by atoms with E-state index in [9.17, 15) is 8.42 Å². The normalized spacial score (nSPS) is 22.0. The van der Waals surface area contributed by atoms with Crippen LogP contribution in [0.3, 0.4) is 0 Å². The van der Waals surface area contributed by atoms with Gasteiger partial charge in [0.25, 0.3) is 10.0 Å². The molecule has 2 saturated heterocycles. The standard InChI is InChI=1S/C17H30N4O3S2/c1-14(2)16-19-15(12-20(16)3)26(22,23)18-13-17(4-8-24-9-5-17)21-6-10-25-11-7-21/h12,14,18H,4-11,13H2,1-3H3. The van der Waals surface area contributed by atoms with Gasteiger partial charge in [-0.15, -0.1) is 0 Å². The molecule has 2 aliphatic rings. The Balaban J connectivity index is 1.76. The number of imidazole rings is 1. The first-order valence-corrected chi connectivity index (χ1v) is 11.9. The Bertz CT molecular complexity index is 706. The van der Waals surface area contributed by atoms with E-state index >= 15 is 0 Å². The second kappa shape index (κ2) is 8.18. The van der Waals surface area contributed by atoms with Gasteiger partial charge in [-0.25, -0.2) is 18.1 Å². The van der Waals surface area contributed by atoms with Gasteiger partial charge in [-0.05, 0) is 12.8 Å². The Morgan fingerprint density at radius 2 is 1.96 bits per heavy atom. The molecule has 3 heterocycles. The van der Waals surface area contributed by atoms with Crippen molar-refractivity contribution in [3.05, 3.63) is 12.0 Å². The molecule has 0 aliphatic carbocycles. The van der Waals surface area contributed by atoms with E-state index in [1.165, 1.54) is 0 Å². The lowest BCUT2D eigenvalue weighted by molar-refractivity contribution is -0.0218. The number of rotatable bonds is 6. The molecule has 3 rings (SSSR count). The van der Waals surface area contributed by atoms with Crippen LogP contribution < -0.4 is 4.72 Å². The maximum absolute atomic E-state index is 12.8. The number of aromatic nitrogens is 2. The smallest absolute Gasteiger partial charge is 0.259 e. The molecule has 1 N–H and O–H groups in total. The predicted octanol–water partition coefficient (Wildman–Crippen LogP) is 1.42. The van der Waals surface area contributed by atoms with Crippen LogP contribution in [-0.2, 0) is 21.8 Å². The number of aryl methyl sites for hydroxylation is 1. The van der Waals surface area contributed by atoms with Crippen molar-refractivity contribution in [1.29, 1.82) is 0 Å². The largest absolute Gasteiger partial charge is 0.381 e. The van der Waals surface area contributed by atoms with Gasteiger partial charge in [0.1, 0.15) is 5.82 Å². The molecule has 0 saturated carbocycles. The summed E-state index contributed by atoms with van der Waals surface area (Å²) in [5, 5.41) is 0.111. The Morgan fingerprint density at radius 3 is 2.54 bits per heavy atom. The first-order chi connectivity index (χ1) is 12.3. The van der Waals surface area contributed by atoms with Crippen molar-refractivity contribution in [1.82, 2.24) is 19.2 Å². The molecule has 0 bridgehead atoms. The van der Waals surface area contributed by atoms with Crippen LogP contribution >= 0.6 is 11.8 Å². The fourth-order valence-corrected chi connectivity index (χ4v) is 5.84. The predicted molar refractivity (Wildman–Crippen MR) is 104 cm³/mol. The maximum atomic E-state index is 12.8. The van der Waals surface area contributed by atoms with Gasteiger partial charge in [-0.1, -0.05) is 13.8 Å². The minimum absolute atomic E-state index is 0.111. The molecule has 7 nitrogen and oxygen atoms in total. The van der Waals surface area contributed by atoms with E-state index in [0.29, 0.717) is 19.8 Å². The number of ether oxygens (including phenoxy) is 1. The SMILES string of the molecule is CC(C)c1nc(S(=O)(=O)NCC2(N3CCSCC3)CCOCC2)cn1C. The van der Waals surface area contributed by atoms with Crippen LogP contribution in [0, 0.1) is 0 Å². The molecule has 9 heteroatoms. The van der Waals surface area contributed by atoms with Crippen molar-refractivity contribution >= 4 is 21.8 Å². The quantitative estimate of drug-likeness (QED) is 0.776. The number of thioether (sulfide) groups is 1. The topological polar surface area (TPSA) is 76.5 Å². The average Bonchev–Trinajstić information content (AvgIpc) is 3.05. The molecule has 1 aromatic rings. The molecule has 148 valence electrons. The molecule has 0 aromatic carbocycles. The molecule has 0 radical (unpaired) electrons. The van der Waals surface area contributed by atoms with E-state index in [-0.39, 0.29) is 16.5 Å². The molecule has 0 spiro atoms. The van der Waals surface area contributed by atoms with Crippen molar-refractivity contribution in [3.8, 4) is 0 Å². The average molecular weight is 403 g/mol. The summed E-state index contributed by atoms with van der Waals surface area (Å²) in [7, 11) is -1.79. The third kappa shape index (κ3) is 4.27. The number of nitrogens with one attached hydrogen (secondary N) is 1. The minimum Gasteiger partial charge on any atom is -0.381 e. The van der Waals surface area contributed by atoms with E-state index < -0.39 is 10.0 Å². The number of sulfonamides is 1. The Morgan fingerprint density at radius 1 is 1.31 bits per heavy atom. The molecular formula is C17H30N4O3S2. The van der Waals surface area contributed by atoms with E-state index in [4.69, 9.17) is 4.74 Å². The summed E-state index contributed by atoms with van der Waals surface area (Å²) in [5.74, 6) is 3.16. The van der Waals surface area contributed by atoms with Crippen molar-refractivity contribution in [2.75, 3.05) is 44.4 Å². The van der Waals surface area contributed by atoms with Crippen LogP contribution in [-0.4, -0.2) is 72.8 Å². The third-order valence-electron chi connectivity index (χ3n) is 5.38. The zero-order valence-corrected chi connectivity index (χ0v) is 17.5. The van der Waals surface area contributed by atoms with Gasteiger partial charge < -0.3 is 9.30 Å². The van der Waals surface area contributed by atoms with Crippen LogP contribution in [0.1, 0.15) is 38.4 Å². The lowest BCUT2D eigenvalue weighted by Gasteiger charge is -2.47. The molecule has 2 fully saturated rings. The summed E-state index contributed by atoms with van der Waals surface area (Å²) in [6, 6.07) is 0. The van der Waals surface area contributed by atoms with Gasteiger partial charge in [0, 0.05) is 69.1 Å². The Labute approximate surface area is 160 Å². The molecule has 0 unspecified atom stereocenters. The second-order valence-corrected chi connectivity index (χ2v) is 10.4. The van der Waals surface area contributed by atoms with Crippen molar-refractivity contribution in [3.63, 3.8) is 0 Å². The van der Waals surface area contributed by atoms with Gasteiger partial charge in [0.2, 0.25) is 0 Å². The lowest BCUT2D eigenvalue weighted by Crippen LogP contribution is -2.60. The minimum atomic E-state index is -3.63. The highest BCUT2D eigenvalue weighted by Crippen LogP contribution is 2.30. The summed E-state index contributed by atoms with van der Waals surface area (Å²) in [5.41, 5.74) is -0.151. The van der Waals surface area contributed by atoms with E-state index in [1.54, 1.807) is 10.8 Å². The highest BCUT2D eigenvalue weighted by atomic mass is 32.2. The fourth-order valence-electron chi connectivity index (χ4n) is 3.82. The molecule has 2 aliphatic heterocycles. The van der Waals surface area contributed by atoms with Crippen molar-refractivity contribution in [2.45, 2.75) is 43.2 Å². The monoisotopic (exact) mass is 402 g/mol. The summed E-state index contributed by atoms with van der Waals surface area (Å²) < 4.78 is 35.9. The highest BCUT2D eigenvalue weighted by Gasteiger charge is 2.40. The van der Waals surface area contributed by atoms with Gasteiger partial charge in [-0.3, -0.25) is 4.90 Å². The molecular weight excluding hydrogens is 372 g/mol. The Kier molecular flexibility index (Phi) is 6.33. The summed E-state index contributed by atoms with van der Waals surface area (Å²) in [6.07, 6.45) is 3.32. The number of hydrogen-bond donors (Lipinski definition) is 1. The zero-order valence-electron chi connectivity index (χ0n) is 15.9. The van der Waals surface area contributed by atoms with Crippen LogP contribution in [0.2, 0.25) is 0 Å². The van der Waals surface area contributed by atoms with E-state index in [0.717, 1.165) is 43.3 Å². The third-order valence-corrected chi connectivity index (χ3v) is 7.59. The van der Waals surface area contributed by atoms with Gasteiger partial charge >= 0.3 is 0 Å². The molecule has 0 atom stereocenters. The zero-order chi connectivity index (χ0) is 18.8. The van der Waals surface area contributed by atoms with E-state index in [2.05, 4.69) is 14.6 Å². The second-order valence-electron chi connectivity index (χ2n) is 7.46. The lowest BCUT2D eigenvalue weighted by atomic mass is 9.88. The first kappa shape index (κ1) is 20.1. The highest BCUT2D eigenvalue weighted by molar-refractivity contribution is 7.99. The van der Waals surface area contributed by atoms with Crippen LogP contribution in [0.15, 0.2) is 11.2 Å². The van der Waals surface area contributed by atoms with E-state index in [1.807, 2.05) is 32.7 Å². The van der Waals surface area contributed by atoms with Crippen molar-refractivity contribution in [2.24, 2.45) is 7.05 Å². The maximum Gasteiger partial charge on any atom is 0.259 e. The number of nitrogens with zero attached hydrogens (tertiary/aromatic N) is 3. The molecule has 0 amide bonds. The van der Waals surface area contributed by atoms with Gasteiger partial charge in [0.15, 0.2) is 5.03 Å². The molecule has 1 aromatic heterocycles. The fraction of sp³-hybridized carbons (Fsp3) is 0.824. The summed E-state index contributed by atoms with van der Waals surface area (Å²) >= 11 is 1.96. The van der Waals surface area contributed by atoms with Crippen LogP contribution in [0.4, 0.5) is 0 Å².